The van der Waals surface area contributed by atoms with E-state index in [0.29, 0.717) is 16.6 Å². The summed E-state index contributed by atoms with van der Waals surface area (Å²) in [4.78, 5) is 16.2. The van der Waals surface area contributed by atoms with Crippen LogP contribution in [0.4, 0.5) is 0 Å². The molecular formula is C13H20N2O2S. The van der Waals surface area contributed by atoms with Crippen LogP contribution in [0.2, 0.25) is 0 Å². The molecule has 0 radical (unpaired) electrons. The predicted octanol–water partition coefficient (Wildman–Crippen LogP) is 2.43. The maximum absolute atomic E-state index is 11.3. The lowest BCUT2D eigenvalue weighted by Gasteiger charge is -2.16. The number of carbonyl (C=O) groups is 1. The summed E-state index contributed by atoms with van der Waals surface area (Å²) in [6, 6.07) is 0.464. The molecule has 5 heteroatoms. The quantitative estimate of drug-likeness (QED) is 0.884. The molecule has 1 aliphatic rings. The number of hydrogen-bond donors (Lipinski definition) is 2. The summed E-state index contributed by atoms with van der Waals surface area (Å²) in [7, 11) is 0. The van der Waals surface area contributed by atoms with Gasteiger partial charge in [-0.15, -0.1) is 11.3 Å². The van der Waals surface area contributed by atoms with Gasteiger partial charge >= 0.3 is 5.97 Å². The number of thiazole rings is 1. The maximum atomic E-state index is 11.3. The van der Waals surface area contributed by atoms with Gasteiger partial charge in [0.05, 0.1) is 10.7 Å². The van der Waals surface area contributed by atoms with Gasteiger partial charge < -0.3 is 10.4 Å². The first-order valence-electron chi connectivity index (χ1n) is 6.35. The van der Waals surface area contributed by atoms with Gasteiger partial charge in [-0.05, 0) is 19.4 Å². The summed E-state index contributed by atoms with van der Waals surface area (Å²) < 4.78 is 0. The van der Waals surface area contributed by atoms with E-state index < -0.39 is 5.97 Å². The molecule has 0 spiro atoms. The summed E-state index contributed by atoms with van der Waals surface area (Å²) in [5, 5.41) is 13.6. The molecule has 0 aromatic carbocycles. The molecule has 1 fully saturated rings. The van der Waals surface area contributed by atoms with Gasteiger partial charge in [0.25, 0.3) is 0 Å². The van der Waals surface area contributed by atoms with E-state index in [0.717, 1.165) is 24.4 Å². The highest BCUT2D eigenvalue weighted by molar-refractivity contribution is 7.13. The molecule has 1 unspecified atom stereocenters. The zero-order chi connectivity index (χ0) is 13.3. The number of nitrogens with one attached hydrogen (secondary N) is 1. The van der Waals surface area contributed by atoms with E-state index in [2.05, 4.69) is 10.3 Å². The summed E-state index contributed by atoms with van der Waals surface area (Å²) in [6.07, 6.45) is 3.21. The molecule has 1 aromatic heterocycles. The van der Waals surface area contributed by atoms with Crippen molar-refractivity contribution in [2.75, 3.05) is 6.54 Å². The van der Waals surface area contributed by atoms with E-state index in [1.54, 1.807) is 0 Å². The lowest BCUT2D eigenvalue weighted by atomic mass is 9.91. The molecule has 1 aliphatic heterocycles. The summed E-state index contributed by atoms with van der Waals surface area (Å²) in [5.74, 6) is -0.858. The molecule has 2 heterocycles. The van der Waals surface area contributed by atoms with Gasteiger partial charge in [0.2, 0.25) is 0 Å². The van der Waals surface area contributed by atoms with Crippen molar-refractivity contribution in [3.05, 3.63) is 15.6 Å². The predicted molar refractivity (Wildman–Crippen MR) is 72.5 cm³/mol. The number of nitrogens with zero attached hydrogens (tertiary/aromatic N) is 1. The molecule has 0 bridgehead atoms. The van der Waals surface area contributed by atoms with Crippen LogP contribution in [-0.2, 0) is 11.8 Å². The molecule has 0 saturated carbocycles. The Labute approximate surface area is 111 Å². The SMILES string of the molecule is CC(C)(C)c1nc(CC2CCCN2)sc1C(=O)O. The largest absolute Gasteiger partial charge is 0.477 e. The highest BCUT2D eigenvalue weighted by atomic mass is 32.1. The molecular weight excluding hydrogens is 248 g/mol. The Kier molecular flexibility index (Phi) is 3.73. The normalized spacial score (nSPS) is 20.3. The van der Waals surface area contributed by atoms with E-state index in [9.17, 15) is 9.90 Å². The zero-order valence-electron chi connectivity index (χ0n) is 11.1. The van der Waals surface area contributed by atoms with Gasteiger partial charge in [0.15, 0.2) is 0 Å². The van der Waals surface area contributed by atoms with Crippen LogP contribution in [0.25, 0.3) is 0 Å². The Balaban J connectivity index is 2.24. The molecule has 2 rings (SSSR count). The highest BCUT2D eigenvalue weighted by Gasteiger charge is 2.27. The van der Waals surface area contributed by atoms with Crippen LogP contribution in [0.1, 0.15) is 54.0 Å². The number of aromatic nitrogens is 1. The van der Waals surface area contributed by atoms with Crippen LogP contribution >= 0.6 is 11.3 Å². The minimum Gasteiger partial charge on any atom is -0.477 e. The van der Waals surface area contributed by atoms with Crippen molar-refractivity contribution >= 4 is 17.3 Å². The lowest BCUT2D eigenvalue weighted by Crippen LogP contribution is -2.23. The van der Waals surface area contributed by atoms with Gasteiger partial charge in [-0.3, -0.25) is 0 Å². The Hall–Kier alpha value is -0.940. The van der Waals surface area contributed by atoms with Crippen molar-refractivity contribution < 1.29 is 9.90 Å². The van der Waals surface area contributed by atoms with Crippen LogP contribution in [0.3, 0.4) is 0 Å². The molecule has 2 N–H and O–H groups in total. The minimum absolute atomic E-state index is 0.217. The van der Waals surface area contributed by atoms with Crippen molar-refractivity contribution in [1.82, 2.24) is 10.3 Å². The van der Waals surface area contributed by atoms with Crippen molar-refractivity contribution in [3.8, 4) is 0 Å². The zero-order valence-corrected chi connectivity index (χ0v) is 11.9. The molecule has 0 amide bonds. The van der Waals surface area contributed by atoms with Gasteiger partial charge in [-0.25, -0.2) is 9.78 Å². The van der Waals surface area contributed by atoms with Crippen molar-refractivity contribution in [3.63, 3.8) is 0 Å². The third-order valence-electron chi connectivity index (χ3n) is 3.16. The Bertz CT molecular complexity index is 442. The standard InChI is InChI=1S/C13H20N2O2S/c1-13(2,3)11-10(12(16)17)18-9(15-11)7-8-5-4-6-14-8/h8,14H,4-7H2,1-3H3,(H,16,17). The van der Waals surface area contributed by atoms with Crippen LogP contribution in [0.15, 0.2) is 0 Å². The van der Waals surface area contributed by atoms with Gasteiger partial charge in [0, 0.05) is 17.9 Å². The summed E-state index contributed by atoms with van der Waals surface area (Å²) in [5.41, 5.74) is 0.499. The van der Waals surface area contributed by atoms with Crippen molar-refractivity contribution in [1.29, 1.82) is 0 Å². The van der Waals surface area contributed by atoms with Crippen LogP contribution < -0.4 is 5.32 Å². The third kappa shape index (κ3) is 2.90. The monoisotopic (exact) mass is 268 g/mol. The van der Waals surface area contributed by atoms with Gasteiger partial charge in [-0.2, -0.15) is 0 Å². The smallest absolute Gasteiger partial charge is 0.347 e. The van der Waals surface area contributed by atoms with Crippen molar-refractivity contribution in [2.24, 2.45) is 0 Å². The second-order valence-electron chi connectivity index (χ2n) is 5.84. The summed E-state index contributed by atoms with van der Waals surface area (Å²) in [6.45, 7) is 7.08. The van der Waals surface area contributed by atoms with Crippen molar-refractivity contribution in [2.45, 2.75) is 51.5 Å². The fraction of sp³-hybridized carbons (Fsp3) is 0.692. The number of carboxylic acids is 1. The topological polar surface area (TPSA) is 62.2 Å². The fourth-order valence-corrected chi connectivity index (χ4v) is 3.44. The Morgan fingerprint density at radius 2 is 2.28 bits per heavy atom. The Morgan fingerprint density at radius 3 is 2.72 bits per heavy atom. The first kappa shape index (κ1) is 13.5. The van der Waals surface area contributed by atoms with Crippen LogP contribution in [-0.4, -0.2) is 28.6 Å². The molecule has 100 valence electrons. The second kappa shape index (κ2) is 4.97. The molecule has 1 saturated heterocycles. The van der Waals surface area contributed by atoms with E-state index in [4.69, 9.17) is 0 Å². The summed E-state index contributed by atoms with van der Waals surface area (Å²) >= 11 is 1.33. The average molecular weight is 268 g/mol. The fourth-order valence-electron chi connectivity index (χ4n) is 2.25. The van der Waals surface area contributed by atoms with Gasteiger partial charge in [-0.1, -0.05) is 20.8 Å². The molecule has 4 nitrogen and oxygen atoms in total. The highest BCUT2D eigenvalue weighted by Crippen LogP contribution is 2.30. The van der Waals surface area contributed by atoms with Gasteiger partial charge in [0.1, 0.15) is 4.88 Å². The molecule has 0 aliphatic carbocycles. The average Bonchev–Trinajstić information content (AvgIpc) is 2.85. The minimum atomic E-state index is -0.858. The second-order valence-corrected chi connectivity index (χ2v) is 6.92. The maximum Gasteiger partial charge on any atom is 0.347 e. The van der Waals surface area contributed by atoms with Crippen LogP contribution in [0.5, 0.6) is 0 Å². The Morgan fingerprint density at radius 1 is 1.56 bits per heavy atom. The van der Waals surface area contributed by atoms with E-state index in [1.165, 1.54) is 17.8 Å². The van der Waals surface area contributed by atoms with E-state index in [-0.39, 0.29) is 5.41 Å². The first-order chi connectivity index (χ1) is 8.38. The third-order valence-corrected chi connectivity index (χ3v) is 4.23. The number of hydrogen-bond acceptors (Lipinski definition) is 4. The van der Waals surface area contributed by atoms with E-state index >= 15 is 0 Å². The first-order valence-corrected chi connectivity index (χ1v) is 7.16. The number of aromatic carboxylic acids is 1. The number of carboxylic acid groups (broad SMARTS) is 1. The molecule has 1 atom stereocenters. The molecule has 18 heavy (non-hydrogen) atoms. The lowest BCUT2D eigenvalue weighted by molar-refractivity contribution is 0.0699. The van der Waals surface area contributed by atoms with E-state index in [1.807, 2.05) is 20.8 Å². The van der Waals surface area contributed by atoms with Crippen LogP contribution in [0, 0.1) is 0 Å². The number of rotatable bonds is 3. The molecule has 1 aromatic rings.